The van der Waals surface area contributed by atoms with Gasteiger partial charge in [0, 0.05) is 18.0 Å². The molecule has 0 aliphatic rings. The molecule has 10 heteroatoms. The van der Waals surface area contributed by atoms with E-state index < -0.39 is 29.4 Å². The molecule has 0 spiro atoms. The van der Waals surface area contributed by atoms with Crippen LogP contribution in [0.2, 0.25) is 0 Å². The van der Waals surface area contributed by atoms with Crippen molar-refractivity contribution in [3.05, 3.63) is 53.6 Å². The van der Waals surface area contributed by atoms with Crippen LogP contribution >= 0.6 is 11.8 Å². The number of amidine groups is 1. The fourth-order valence-electron chi connectivity index (χ4n) is 2.12. The predicted octanol–water partition coefficient (Wildman–Crippen LogP) is 3.74. The number of amides is 1. The number of carbonyl (C=O) groups is 1. The molecule has 1 aromatic carbocycles. The molecule has 0 fully saturated rings. The second-order valence-electron chi connectivity index (χ2n) is 5.49. The number of hydrogen-bond acceptors (Lipinski definition) is 5. The van der Waals surface area contributed by atoms with Gasteiger partial charge in [-0.3, -0.25) is 14.8 Å². The van der Waals surface area contributed by atoms with Crippen LogP contribution in [0.15, 0.2) is 41.7 Å². The molecule has 6 nitrogen and oxygen atoms in total. The maximum absolute atomic E-state index is 14.6. The van der Waals surface area contributed by atoms with E-state index in [2.05, 4.69) is 20.3 Å². The topological polar surface area (TPSA) is 93.3 Å². The normalized spacial score (nSPS) is 14.1. The van der Waals surface area contributed by atoms with E-state index >= 15 is 0 Å². The molecule has 2 atom stereocenters. The standard InChI is InChI=1S/C17H18F3N5OS/c1-9(27-17(21)22-2)14(18)10-4-3-5-11(6-10)25-16(26)13-8-23-12(7-24-13)15(19)20/h3-9,14-15H,1-2H3,(H2,21,22)(H,25,26)/t9-,14+/m1/s1. The Morgan fingerprint density at radius 3 is 2.59 bits per heavy atom. The third-order valence-electron chi connectivity index (χ3n) is 3.53. The molecule has 0 unspecified atom stereocenters. The maximum atomic E-state index is 14.6. The molecule has 0 aliphatic carbocycles. The summed E-state index contributed by atoms with van der Waals surface area (Å²) in [6, 6.07) is 6.25. The number of nitrogens with zero attached hydrogens (tertiary/aromatic N) is 3. The van der Waals surface area contributed by atoms with Gasteiger partial charge in [0.25, 0.3) is 12.3 Å². The Hall–Kier alpha value is -2.62. The average molecular weight is 397 g/mol. The smallest absolute Gasteiger partial charge is 0.281 e. The lowest BCUT2D eigenvalue weighted by Crippen LogP contribution is -2.16. The molecule has 2 rings (SSSR count). The van der Waals surface area contributed by atoms with Crippen LogP contribution in [0.4, 0.5) is 18.9 Å². The monoisotopic (exact) mass is 397 g/mol. The Labute approximate surface area is 158 Å². The molecule has 27 heavy (non-hydrogen) atoms. The minimum atomic E-state index is -2.76. The highest BCUT2D eigenvalue weighted by atomic mass is 32.2. The number of nitrogens with two attached hydrogens (primary N) is 1. The van der Waals surface area contributed by atoms with Crippen molar-refractivity contribution in [1.29, 1.82) is 0 Å². The largest absolute Gasteiger partial charge is 0.379 e. The summed E-state index contributed by atoms with van der Waals surface area (Å²) in [5.41, 5.74) is 5.66. The fraction of sp³-hybridized carbons (Fsp3) is 0.294. The molecule has 0 radical (unpaired) electrons. The van der Waals surface area contributed by atoms with E-state index in [1.54, 1.807) is 25.1 Å². The summed E-state index contributed by atoms with van der Waals surface area (Å²) in [7, 11) is 1.52. The van der Waals surface area contributed by atoms with Crippen LogP contribution in [0.3, 0.4) is 0 Å². The summed E-state index contributed by atoms with van der Waals surface area (Å²) in [6.45, 7) is 1.68. The van der Waals surface area contributed by atoms with Crippen molar-refractivity contribution in [1.82, 2.24) is 9.97 Å². The van der Waals surface area contributed by atoms with E-state index in [0.29, 0.717) is 11.3 Å². The summed E-state index contributed by atoms with van der Waals surface area (Å²) >= 11 is 1.11. The van der Waals surface area contributed by atoms with Crippen LogP contribution in [0.1, 0.15) is 41.3 Å². The van der Waals surface area contributed by atoms with Gasteiger partial charge in [0.15, 0.2) is 5.17 Å². The first-order valence-corrected chi connectivity index (χ1v) is 8.74. The quantitative estimate of drug-likeness (QED) is 0.572. The van der Waals surface area contributed by atoms with Crippen LogP contribution in [-0.2, 0) is 0 Å². The molecule has 0 bridgehead atoms. The predicted molar refractivity (Wildman–Crippen MR) is 99.8 cm³/mol. The molecule has 0 aliphatic heterocycles. The van der Waals surface area contributed by atoms with Crippen molar-refractivity contribution in [2.45, 2.75) is 24.8 Å². The lowest BCUT2D eigenvalue weighted by atomic mass is 10.1. The summed E-state index contributed by atoms with van der Waals surface area (Å²) in [5.74, 6) is -0.638. The summed E-state index contributed by atoms with van der Waals surface area (Å²) < 4.78 is 39.6. The van der Waals surface area contributed by atoms with E-state index in [-0.39, 0.29) is 10.9 Å². The summed E-state index contributed by atoms with van der Waals surface area (Å²) in [4.78, 5) is 23.1. The number of alkyl halides is 3. The Balaban J connectivity index is 2.09. The number of hydrogen-bond donors (Lipinski definition) is 2. The number of thioether (sulfide) groups is 1. The van der Waals surface area contributed by atoms with Gasteiger partial charge in [-0.1, -0.05) is 23.9 Å². The van der Waals surface area contributed by atoms with Crippen LogP contribution in [0, 0.1) is 0 Å². The highest BCUT2D eigenvalue weighted by Gasteiger charge is 2.21. The number of anilines is 1. The molecule has 0 saturated carbocycles. The van der Waals surface area contributed by atoms with E-state index in [0.717, 1.165) is 24.2 Å². The van der Waals surface area contributed by atoms with Crippen molar-refractivity contribution in [3.8, 4) is 0 Å². The van der Waals surface area contributed by atoms with Crippen molar-refractivity contribution in [2.75, 3.05) is 12.4 Å². The first kappa shape index (κ1) is 20.7. The summed E-state index contributed by atoms with van der Waals surface area (Å²) in [6.07, 6.45) is -2.30. The zero-order valence-corrected chi connectivity index (χ0v) is 15.4. The van der Waals surface area contributed by atoms with Crippen LogP contribution in [0.5, 0.6) is 0 Å². The molecule has 1 aromatic heterocycles. The van der Waals surface area contributed by atoms with Gasteiger partial charge in [-0.15, -0.1) is 0 Å². The molecule has 0 saturated heterocycles. The SMILES string of the molecule is C/N=C(/N)S[C@H](C)[C@H](F)c1cccc(NC(=O)c2cnc(C(F)F)cn2)c1. The third-order valence-corrected chi connectivity index (χ3v) is 4.56. The lowest BCUT2D eigenvalue weighted by Gasteiger charge is -2.17. The minimum Gasteiger partial charge on any atom is -0.379 e. The third kappa shape index (κ3) is 5.68. The Bertz CT molecular complexity index is 816. The number of halogens is 3. The van der Waals surface area contributed by atoms with E-state index in [1.165, 1.54) is 13.1 Å². The molecule has 144 valence electrons. The zero-order chi connectivity index (χ0) is 20.0. The Morgan fingerprint density at radius 2 is 2.00 bits per heavy atom. The van der Waals surface area contributed by atoms with Gasteiger partial charge in [-0.2, -0.15) is 0 Å². The van der Waals surface area contributed by atoms with E-state index in [1.807, 2.05) is 0 Å². The van der Waals surface area contributed by atoms with Crippen LogP contribution < -0.4 is 11.1 Å². The van der Waals surface area contributed by atoms with Crippen molar-refractivity contribution >= 4 is 28.5 Å². The Morgan fingerprint density at radius 1 is 1.26 bits per heavy atom. The zero-order valence-electron chi connectivity index (χ0n) is 14.6. The first-order valence-electron chi connectivity index (χ1n) is 7.86. The number of nitrogens with one attached hydrogen (secondary N) is 1. The molecular formula is C17H18F3N5OS. The van der Waals surface area contributed by atoms with Gasteiger partial charge < -0.3 is 11.1 Å². The lowest BCUT2D eigenvalue weighted by molar-refractivity contribution is 0.102. The van der Waals surface area contributed by atoms with Gasteiger partial charge in [-0.25, -0.2) is 18.2 Å². The van der Waals surface area contributed by atoms with Gasteiger partial charge >= 0.3 is 0 Å². The number of benzene rings is 1. The Kier molecular flexibility index (Phi) is 7.17. The van der Waals surface area contributed by atoms with Crippen LogP contribution in [-0.4, -0.2) is 33.3 Å². The van der Waals surface area contributed by atoms with Gasteiger partial charge in [0.1, 0.15) is 17.6 Å². The number of aromatic nitrogens is 2. The van der Waals surface area contributed by atoms with Gasteiger partial charge in [0.2, 0.25) is 0 Å². The molecule has 3 N–H and O–H groups in total. The van der Waals surface area contributed by atoms with Crippen molar-refractivity contribution in [3.63, 3.8) is 0 Å². The van der Waals surface area contributed by atoms with Crippen molar-refractivity contribution < 1.29 is 18.0 Å². The first-order chi connectivity index (χ1) is 12.8. The van der Waals surface area contributed by atoms with Gasteiger partial charge in [0.05, 0.1) is 12.4 Å². The van der Waals surface area contributed by atoms with Crippen molar-refractivity contribution in [2.24, 2.45) is 10.7 Å². The molecular weight excluding hydrogens is 379 g/mol. The molecule has 2 aromatic rings. The second-order valence-corrected chi connectivity index (χ2v) is 6.89. The molecule has 1 heterocycles. The number of rotatable bonds is 6. The van der Waals surface area contributed by atoms with Gasteiger partial charge in [-0.05, 0) is 24.6 Å². The summed E-state index contributed by atoms with van der Waals surface area (Å²) in [5, 5.41) is 2.34. The number of aliphatic imine (C=N–C) groups is 1. The molecule has 1 amide bonds. The average Bonchev–Trinajstić information content (AvgIpc) is 2.67. The fourth-order valence-corrected chi connectivity index (χ4v) is 2.89. The highest BCUT2D eigenvalue weighted by Crippen LogP contribution is 2.31. The number of carbonyl (C=O) groups excluding carboxylic acids is 1. The van der Waals surface area contributed by atoms with E-state index in [9.17, 15) is 18.0 Å². The van der Waals surface area contributed by atoms with Crippen LogP contribution in [0.25, 0.3) is 0 Å². The second kappa shape index (κ2) is 9.36. The maximum Gasteiger partial charge on any atom is 0.281 e. The highest BCUT2D eigenvalue weighted by molar-refractivity contribution is 8.14. The van der Waals surface area contributed by atoms with E-state index in [4.69, 9.17) is 5.73 Å². The minimum absolute atomic E-state index is 0.127.